The number of rotatable bonds is 11. The van der Waals surface area contributed by atoms with Gasteiger partial charge in [-0.2, -0.15) is 0 Å². The number of methoxy groups -OCH3 is 3. The van der Waals surface area contributed by atoms with E-state index in [1.165, 1.54) is 32.5 Å². The van der Waals surface area contributed by atoms with Crippen molar-refractivity contribution >= 4 is 16.9 Å². The normalized spacial score (nSPS) is 10.8. The molecule has 1 aromatic heterocycles. The number of hydrogen-bond donors (Lipinski definition) is 1. The highest BCUT2D eigenvalue weighted by molar-refractivity contribution is 5.95. The SMILES string of the molecule is COc1cc(C(=O)NCc2nc3ccccc3n2CCCOc2cc(C)cc(C)c2)cc(OC)c1OC. The minimum atomic E-state index is -0.268. The number of imidazole rings is 1. The van der Waals surface area contributed by atoms with Crippen molar-refractivity contribution in [2.45, 2.75) is 33.4 Å². The van der Waals surface area contributed by atoms with Crippen LogP contribution >= 0.6 is 0 Å². The van der Waals surface area contributed by atoms with Crippen molar-refractivity contribution in [3.05, 3.63) is 77.1 Å². The van der Waals surface area contributed by atoms with Crippen molar-refractivity contribution in [2.24, 2.45) is 0 Å². The van der Waals surface area contributed by atoms with Gasteiger partial charge >= 0.3 is 0 Å². The fraction of sp³-hybridized carbons (Fsp3) is 0.310. The van der Waals surface area contributed by atoms with Gasteiger partial charge in [-0.25, -0.2) is 4.98 Å². The zero-order chi connectivity index (χ0) is 26.4. The highest BCUT2D eigenvalue weighted by Gasteiger charge is 2.18. The Morgan fingerprint density at radius 3 is 2.24 bits per heavy atom. The Morgan fingerprint density at radius 2 is 1.59 bits per heavy atom. The topological polar surface area (TPSA) is 83.8 Å². The molecule has 0 atom stereocenters. The summed E-state index contributed by atoms with van der Waals surface area (Å²) in [6.45, 7) is 5.68. The molecule has 8 nitrogen and oxygen atoms in total. The molecule has 0 aliphatic rings. The number of hydrogen-bond acceptors (Lipinski definition) is 6. The molecule has 4 aromatic rings. The van der Waals surface area contributed by atoms with E-state index < -0.39 is 0 Å². The van der Waals surface area contributed by atoms with Crippen LogP contribution < -0.4 is 24.3 Å². The van der Waals surface area contributed by atoms with Gasteiger partial charge in [0, 0.05) is 12.1 Å². The Labute approximate surface area is 217 Å². The minimum Gasteiger partial charge on any atom is -0.494 e. The van der Waals surface area contributed by atoms with Gasteiger partial charge < -0.3 is 28.8 Å². The van der Waals surface area contributed by atoms with Crippen LogP contribution in [0.1, 0.15) is 33.7 Å². The van der Waals surface area contributed by atoms with E-state index in [-0.39, 0.29) is 12.5 Å². The van der Waals surface area contributed by atoms with Gasteiger partial charge in [-0.1, -0.05) is 18.2 Å². The summed E-state index contributed by atoms with van der Waals surface area (Å²) >= 11 is 0. The average molecular weight is 504 g/mol. The standard InChI is InChI=1S/C29H33N3O5/c1-19-13-20(2)15-22(14-19)37-12-8-11-32-24-10-7-6-9-23(24)31-27(32)18-30-29(33)21-16-25(34-3)28(36-5)26(17-21)35-4/h6-7,9-10,13-17H,8,11-12,18H2,1-5H3,(H,30,33). The van der Waals surface area contributed by atoms with Gasteiger partial charge in [-0.15, -0.1) is 0 Å². The maximum atomic E-state index is 13.0. The van der Waals surface area contributed by atoms with E-state index in [9.17, 15) is 4.79 Å². The van der Waals surface area contributed by atoms with Crippen LogP contribution in [-0.2, 0) is 13.1 Å². The second-order valence-corrected chi connectivity index (χ2v) is 8.79. The second kappa shape index (κ2) is 11.7. The third-order valence-electron chi connectivity index (χ3n) is 6.06. The van der Waals surface area contributed by atoms with Gasteiger partial charge in [0.1, 0.15) is 11.6 Å². The number of para-hydroxylation sites is 2. The maximum Gasteiger partial charge on any atom is 0.251 e. The molecule has 0 radical (unpaired) electrons. The highest BCUT2D eigenvalue weighted by Crippen LogP contribution is 2.38. The van der Waals surface area contributed by atoms with E-state index in [0.29, 0.717) is 36.0 Å². The summed E-state index contributed by atoms with van der Waals surface area (Å²) in [5, 5.41) is 2.98. The first-order valence-corrected chi connectivity index (χ1v) is 12.2. The first-order chi connectivity index (χ1) is 17.9. The number of amides is 1. The van der Waals surface area contributed by atoms with E-state index in [4.69, 9.17) is 23.9 Å². The number of benzene rings is 3. The van der Waals surface area contributed by atoms with E-state index in [1.54, 1.807) is 12.1 Å². The third-order valence-corrected chi connectivity index (χ3v) is 6.06. The smallest absolute Gasteiger partial charge is 0.251 e. The fourth-order valence-corrected chi connectivity index (χ4v) is 4.41. The first-order valence-electron chi connectivity index (χ1n) is 12.2. The minimum absolute atomic E-state index is 0.266. The van der Waals surface area contributed by atoms with Crippen LogP contribution in [0.15, 0.2) is 54.6 Å². The van der Waals surface area contributed by atoms with Crippen LogP contribution in [0.5, 0.6) is 23.0 Å². The number of aryl methyl sites for hydroxylation is 3. The van der Waals surface area contributed by atoms with Crippen molar-refractivity contribution in [1.29, 1.82) is 0 Å². The van der Waals surface area contributed by atoms with Crippen LogP contribution in [-0.4, -0.2) is 43.4 Å². The average Bonchev–Trinajstić information content (AvgIpc) is 3.25. The molecule has 37 heavy (non-hydrogen) atoms. The van der Waals surface area contributed by atoms with Crippen LogP contribution in [0.3, 0.4) is 0 Å². The molecular weight excluding hydrogens is 470 g/mol. The molecule has 8 heteroatoms. The molecule has 1 amide bonds. The zero-order valence-corrected chi connectivity index (χ0v) is 22.0. The Bertz CT molecular complexity index is 1350. The predicted octanol–water partition coefficient (Wildman–Crippen LogP) is 5.08. The summed E-state index contributed by atoms with van der Waals surface area (Å²) in [5.74, 6) is 2.66. The monoisotopic (exact) mass is 503 g/mol. The van der Waals surface area contributed by atoms with E-state index in [0.717, 1.165) is 29.0 Å². The number of nitrogens with one attached hydrogen (secondary N) is 1. The summed E-state index contributed by atoms with van der Waals surface area (Å²) in [6.07, 6.45) is 0.793. The molecule has 3 aromatic carbocycles. The van der Waals surface area contributed by atoms with Gasteiger partial charge in [-0.3, -0.25) is 4.79 Å². The van der Waals surface area contributed by atoms with E-state index in [2.05, 4.69) is 29.8 Å². The van der Waals surface area contributed by atoms with E-state index >= 15 is 0 Å². The Morgan fingerprint density at radius 1 is 0.919 bits per heavy atom. The lowest BCUT2D eigenvalue weighted by atomic mass is 10.1. The lowest BCUT2D eigenvalue weighted by Crippen LogP contribution is -2.25. The molecule has 0 saturated heterocycles. The Kier molecular flexibility index (Phi) is 8.18. The molecule has 1 heterocycles. The molecule has 0 bridgehead atoms. The molecule has 0 aliphatic carbocycles. The second-order valence-electron chi connectivity index (χ2n) is 8.79. The molecule has 4 rings (SSSR count). The van der Waals surface area contributed by atoms with Crippen molar-refractivity contribution in [3.63, 3.8) is 0 Å². The highest BCUT2D eigenvalue weighted by atomic mass is 16.5. The maximum absolute atomic E-state index is 13.0. The number of carbonyl (C=O) groups excluding carboxylic acids is 1. The lowest BCUT2D eigenvalue weighted by Gasteiger charge is -2.14. The molecule has 0 spiro atoms. The third kappa shape index (κ3) is 5.97. The Hall–Kier alpha value is -4.20. The lowest BCUT2D eigenvalue weighted by molar-refractivity contribution is 0.0948. The molecule has 0 unspecified atom stereocenters. The van der Waals surface area contributed by atoms with Gasteiger partial charge in [0.2, 0.25) is 5.75 Å². The molecule has 194 valence electrons. The van der Waals surface area contributed by atoms with Crippen molar-refractivity contribution in [3.8, 4) is 23.0 Å². The fourth-order valence-electron chi connectivity index (χ4n) is 4.41. The van der Waals surface area contributed by atoms with Crippen molar-refractivity contribution < 1.29 is 23.7 Å². The molecule has 0 aliphatic heterocycles. The van der Waals surface area contributed by atoms with Crippen LogP contribution in [0.2, 0.25) is 0 Å². The van der Waals surface area contributed by atoms with Gasteiger partial charge in [-0.05, 0) is 67.8 Å². The number of nitrogens with zero attached hydrogens (tertiary/aromatic N) is 2. The number of ether oxygens (including phenoxy) is 4. The number of fused-ring (bicyclic) bond motifs is 1. The van der Waals surface area contributed by atoms with Crippen LogP contribution in [0.25, 0.3) is 11.0 Å². The number of aromatic nitrogens is 2. The summed E-state index contributed by atoms with van der Waals surface area (Å²) < 4.78 is 24.2. The molecule has 0 fully saturated rings. The van der Waals surface area contributed by atoms with Crippen LogP contribution in [0.4, 0.5) is 0 Å². The van der Waals surface area contributed by atoms with Gasteiger partial charge in [0.05, 0.1) is 45.5 Å². The van der Waals surface area contributed by atoms with Crippen molar-refractivity contribution in [2.75, 3.05) is 27.9 Å². The summed E-state index contributed by atoms with van der Waals surface area (Å²) in [5.41, 5.74) is 4.67. The number of carbonyl (C=O) groups is 1. The predicted molar refractivity (Wildman–Crippen MR) is 143 cm³/mol. The summed E-state index contributed by atoms with van der Waals surface area (Å²) in [4.78, 5) is 17.8. The Balaban J connectivity index is 1.47. The van der Waals surface area contributed by atoms with Gasteiger partial charge in [0.15, 0.2) is 11.5 Å². The molecule has 0 saturated carbocycles. The van der Waals surface area contributed by atoms with Crippen LogP contribution in [0, 0.1) is 13.8 Å². The van der Waals surface area contributed by atoms with Crippen molar-refractivity contribution in [1.82, 2.24) is 14.9 Å². The molecule has 1 N–H and O–H groups in total. The largest absolute Gasteiger partial charge is 0.494 e. The summed E-state index contributed by atoms with van der Waals surface area (Å²) in [7, 11) is 4.56. The first kappa shape index (κ1) is 25.9. The van der Waals surface area contributed by atoms with E-state index in [1.807, 2.05) is 36.4 Å². The molecular formula is C29H33N3O5. The van der Waals surface area contributed by atoms with Gasteiger partial charge in [0.25, 0.3) is 5.91 Å². The summed E-state index contributed by atoms with van der Waals surface area (Å²) in [6, 6.07) is 17.4. The zero-order valence-electron chi connectivity index (χ0n) is 22.0. The quantitative estimate of drug-likeness (QED) is 0.288.